The van der Waals surface area contributed by atoms with Crippen molar-refractivity contribution in [3.05, 3.63) is 42.6 Å². The largest absolute Gasteiger partial charge is 0.256 e. The number of hydrogen-bond acceptors (Lipinski definition) is 4. The SMILES string of the molecule is C1=NSCS1.c1ccc2ncccc2c1. The molecule has 0 N–H and O–H groups in total. The van der Waals surface area contributed by atoms with Gasteiger partial charge in [0, 0.05) is 11.6 Å². The zero-order valence-electron chi connectivity index (χ0n) is 8.04. The molecule has 1 aliphatic heterocycles. The summed E-state index contributed by atoms with van der Waals surface area (Å²) in [7, 11) is 0. The molecule has 0 atom stereocenters. The molecule has 2 nitrogen and oxygen atoms in total. The first kappa shape index (κ1) is 10.5. The summed E-state index contributed by atoms with van der Waals surface area (Å²) >= 11 is 3.35. The predicted molar refractivity (Wildman–Crippen MR) is 70.3 cm³/mol. The average Bonchev–Trinajstić information content (AvgIpc) is 2.88. The highest BCUT2D eigenvalue weighted by atomic mass is 32.2. The maximum atomic E-state index is 4.18. The van der Waals surface area contributed by atoms with Crippen LogP contribution in [0.1, 0.15) is 0 Å². The highest BCUT2D eigenvalue weighted by molar-refractivity contribution is 8.25. The van der Waals surface area contributed by atoms with Gasteiger partial charge in [0.15, 0.2) is 0 Å². The van der Waals surface area contributed by atoms with Gasteiger partial charge in [0.05, 0.1) is 16.1 Å². The molecule has 1 aliphatic rings. The number of fused-ring (bicyclic) bond motifs is 1. The molecule has 2 heterocycles. The van der Waals surface area contributed by atoms with E-state index in [2.05, 4.69) is 21.5 Å². The summed E-state index contributed by atoms with van der Waals surface area (Å²) in [5.41, 5.74) is 2.93. The second-order valence-electron chi connectivity index (χ2n) is 2.82. The number of benzene rings is 1. The van der Waals surface area contributed by atoms with E-state index in [9.17, 15) is 0 Å². The van der Waals surface area contributed by atoms with Crippen LogP contribution in [0.2, 0.25) is 0 Å². The van der Waals surface area contributed by atoms with E-state index in [4.69, 9.17) is 0 Å². The Bertz CT molecular complexity index is 386. The van der Waals surface area contributed by atoms with Gasteiger partial charge in [-0.25, -0.2) is 4.40 Å². The van der Waals surface area contributed by atoms with E-state index in [-0.39, 0.29) is 0 Å². The zero-order valence-corrected chi connectivity index (χ0v) is 9.67. The first-order valence-corrected chi connectivity index (χ1v) is 6.51. The number of pyridine rings is 1. The van der Waals surface area contributed by atoms with Crippen LogP contribution in [0.3, 0.4) is 0 Å². The molecule has 0 spiro atoms. The number of hydrogen-bond donors (Lipinski definition) is 0. The maximum absolute atomic E-state index is 4.18. The Labute approximate surface area is 97.3 Å². The molecule has 76 valence electrons. The van der Waals surface area contributed by atoms with Crippen LogP contribution in [-0.2, 0) is 0 Å². The second-order valence-corrected chi connectivity index (χ2v) is 4.78. The van der Waals surface area contributed by atoms with Crippen LogP contribution in [-0.4, -0.2) is 15.6 Å². The minimum absolute atomic E-state index is 1.06. The lowest BCUT2D eigenvalue weighted by Crippen LogP contribution is -1.73. The van der Waals surface area contributed by atoms with Crippen LogP contribution in [0.5, 0.6) is 0 Å². The van der Waals surface area contributed by atoms with Gasteiger partial charge < -0.3 is 0 Å². The number of para-hydroxylation sites is 1. The third-order valence-electron chi connectivity index (χ3n) is 1.83. The highest BCUT2D eigenvalue weighted by Crippen LogP contribution is 2.17. The van der Waals surface area contributed by atoms with Crippen LogP contribution in [0.25, 0.3) is 10.9 Å². The van der Waals surface area contributed by atoms with Crippen LogP contribution < -0.4 is 0 Å². The summed E-state index contributed by atoms with van der Waals surface area (Å²) in [5, 5.41) is 2.31. The van der Waals surface area contributed by atoms with Crippen molar-refractivity contribution in [3.63, 3.8) is 0 Å². The van der Waals surface area contributed by atoms with E-state index in [1.54, 1.807) is 23.7 Å². The fourth-order valence-corrected chi connectivity index (χ4v) is 2.39. The molecular weight excluding hydrogens is 224 g/mol. The van der Waals surface area contributed by atoms with E-state index in [1.807, 2.05) is 36.0 Å². The number of aromatic nitrogens is 1. The Hall–Kier alpha value is -1.00. The quantitative estimate of drug-likeness (QED) is 0.651. The van der Waals surface area contributed by atoms with Gasteiger partial charge in [0.25, 0.3) is 0 Å². The van der Waals surface area contributed by atoms with Crippen molar-refractivity contribution < 1.29 is 0 Å². The van der Waals surface area contributed by atoms with Crippen molar-refractivity contribution in [2.24, 2.45) is 4.40 Å². The lowest BCUT2D eigenvalue weighted by atomic mass is 10.2. The molecule has 4 heteroatoms. The van der Waals surface area contributed by atoms with Crippen molar-refractivity contribution in [1.82, 2.24) is 4.98 Å². The minimum Gasteiger partial charge on any atom is -0.256 e. The molecular formula is C11H10N2S2. The van der Waals surface area contributed by atoms with Gasteiger partial charge in [-0.2, -0.15) is 0 Å². The number of thioether (sulfide) groups is 1. The minimum atomic E-state index is 1.06. The Morgan fingerprint density at radius 2 is 1.93 bits per heavy atom. The second kappa shape index (κ2) is 5.78. The molecule has 0 amide bonds. The molecule has 0 saturated heterocycles. The molecule has 1 aromatic carbocycles. The van der Waals surface area contributed by atoms with Gasteiger partial charge in [-0.05, 0) is 24.1 Å². The van der Waals surface area contributed by atoms with Gasteiger partial charge in [0.2, 0.25) is 0 Å². The third kappa shape index (κ3) is 3.25. The predicted octanol–water partition coefficient (Wildman–Crippen LogP) is 3.60. The van der Waals surface area contributed by atoms with Gasteiger partial charge in [-0.3, -0.25) is 4.98 Å². The normalized spacial score (nSPS) is 13.6. The summed E-state index contributed by atoms with van der Waals surface area (Å²) in [6.07, 6.45) is 1.81. The molecule has 0 radical (unpaired) electrons. The molecule has 0 unspecified atom stereocenters. The van der Waals surface area contributed by atoms with Gasteiger partial charge in [-0.15, -0.1) is 11.8 Å². The standard InChI is InChI=1S/C9H7N.C2H3NS2/c1-2-6-9-8(4-1)5-3-7-10-9;1-3-5-2-4-1/h1-7H;1H,2H2. The Morgan fingerprint density at radius 3 is 2.60 bits per heavy atom. The topological polar surface area (TPSA) is 25.2 Å². The fourth-order valence-electron chi connectivity index (χ4n) is 1.17. The van der Waals surface area contributed by atoms with Gasteiger partial charge >= 0.3 is 0 Å². The Kier molecular flexibility index (Phi) is 4.05. The van der Waals surface area contributed by atoms with E-state index < -0.39 is 0 Å². The highest BCUT2D eigenvalue weighted by Gasteiger charge is 1.87. The lowest BCUT2D eigenvalue weighted by Gasteiger charge is -1.91. The molecule has 0 saturated carbocycles. The number of rotatable bonds is 0. The van der Waals surface area contributed by atoms with E-state index in [0.29, 0.717) is 0 Å². The first-order chi connectivity index (χ1) is 7.47. The smallest absolute Gasteiger partial charge is 0.0701 e. The summed E-state index contributed by atoms with van der Waals surface area (Å²) in [4.78, 5) is 4.18. The van der Waals surface area contributed by atoms with Crippen molar-refractivity contribution >= 4 is 40.2 Å². The van der Waals surface area contributed by atoms with Crippen molar-refractivity contribution in [1.29, 1.82) is 0 Å². The van der Waals surface area contributed by atoms with Crippen molar-refractivity contribution in [3.8, 4) is 0 Å². The van der Waals surface area contributed by atoms with Crippen molar-refractivity contribution in [2.45, 2.75) is 0 Å². The van der Waals surface area contributed by atoms with Crippen LogP contribution >= 0.6 is 23.7 Å². The summed E-state index contributed by atoms with van der Waals surface area (Å²) in [5.74, 6) is 0. The Morgan fingerprint density at radius 1 is 1.07 bits per heavy atom. The zero-order chi connectivity index (χ0) is 10.3. The number of nitrogens with zero attached hydrogens (tertiary/aromatic N) is 2. The summed E-state index contributed by atoms with van der Waals surface area (Å²) in [6.45, 7) is 0. The molecule has 3 rings (SSSR count). The van der Waals surface area contributed by atoms with Crippen LogP contribution in [0.4, 0.5) is 0 Å². The van der Waals surface area contributed by atoms with Crippen molar-refractivity contribution in [2.75, 3.05) is 5.08 Å². The molecule has 15 heavy (non-hydrogen) atoms. The van der Waals surface area contributed by atoms with Gasteiger partial charge in [-0.1, -0.05) is 24.3 Å². The molecule has 0 bridgehead atoms. The van der Waals surface area contributed by atoms with E-state index >= 15 is 0 Å². The lowest BCUT2D eigenvalue weighted by molar-refractivity contribution is 1.41. The Balaban J connectivity index is 0.000000144. The summed E-state index contributed by atoms with van der Waals surface area (Å²) in [6, 6.07) is 12.1. The monoisotopic (exact) mass is 234 g/mol. The summed E-state index contributed by atoms with van der Waals surface area (Å²) < 4.78 is 3.84. The average molecular weight is 234 g/mol. The molecule has 1 aromatic heterocycles. The molecule has 2 aromatic rings. The fraction of sp³-hybridized carbons (Fsp3) is 0.0909. The third-order valence-corrected chi connectivity index (χ3v) is 3.43. The first-order valence-electron chi connectivity index (χ1n) is 4.52. The van der Waals surface area contributed by atoms with Crippen LogP contribution in [0.15, 0.2) is 47.0 Å². The molecule has 0 aliphatic carbocycles. The van der Waals surface area contributed by atoms with Gasteiger partial charge in [0.1, 0.15) is 0 Å². The van der Waals surface area contributed by atoms with E-state index in [1.165, 1.54) is 5.39 Å². The van der Waals surface area contributed by atoms with E-state index in [0.717, 1.165) is 10.6 Å². The molecule has 0 fully saturated rings. The maximum Gasteiger partial charge on any atom is 0.0701 e. The van der Waals surface area contributed by atoms with Crippen LogP contribution in [0, 0.1) is 0 Å².